The average Bonchev–Trinajstić information content (AvgIpc) is 3.19. The van der Waals surface area contributed by atoms with Crippen molar-refractivity contribution in [3.8, 4) is 17.0 Å². The molecule has 7 heteroatoms. The van der Waals surface area contributed by atoms with Crippen molar-refractivity contribution < 1.29 is 4.74 Å². The Morgan fingerprint density at radius 2 is 1.92 bits per heavy atom. The lowest BCUT2D eigenvalue weighted by molar-refractivity contribution is 0.299. The Hall–Kier alpha value is -1.98. The minimum Gasteiger partial charge on any atom is -0.492 e. The molecule has 128 valence electrons. The van der Waals surface area contributed by atoms with Gasteiger partial charge in [-0.25, -0.2) is 4.98 Å². The van der Waals surface area contributed by atoms with E-state index in [1.807, 2.05) is 47.7 Å². The summed E-state index contributed by atoms with van der Waals surface area (Å²) in [5.41, 5.74) is 2.12. The van der Waals surface area contributed by atoms with Crippen LogP contribution in [0, 0.1) is 0 Å². The van der Waals surface area contributed by atoms with Crippen molar-refractivity contribution in [1.82, 2.24) is 19.3 Å². The molecule has 0 radical (unpaired) electrons. The quantitative estimate of drug-likeness (QED) is 0.625. The van der Waals surface area contributed by atoms with Crippen LogP contribution in [0.4, 0.5) is 0 Å². The monoisotopic (exact) mass is 366 g/mol. The van der Waals surface area contributed by atoms with E-state index < -0.39 is 0 Å². The van der Waals surface area contributed by atoms with E-state index in [2.05, 4.69) is 27.8 Å². The maximum atomic E-state index is 5.86. The van der Waals surface area contributed by atoms with Crippen LogP contribution in [0.25, 0.3) is 11.3 Å². The van der Waals surface area contributed by atoms with Crippen molar-refractivity contribution in [3.05, 3.63) is 54.2 Å². The zero-order valence-electron chi connectivity index (χ0n) is 13.4. The molecule has 0 aliphatic heterocycles. The Bertz CT molecular complexity index is 752. The zero-order valence-corrected chi connectivity index (χ0v) is 15.0. The molecule has 0 fully saturated rings. The van der Waals surface area contributed by atoms with Crippen LogP contribution in [0.3, 0.4) is 0 Å². The third kappa shape index (κ3) is 4.52. The van der Waals surface area contributed by atoms with Gasteiger partial charge in [0.05, 0.1) is 31.0 Å². The summed E-state index contributed by atoms with van der Waals surface area (Å²) in [5, 5.41) is 5.08. The molecule has 0 saturated heterocycles. The normalized spacial score (nSPS) is 10.4. The van der Waals surface area contributed by atoms with Gasteiger partial charge in [0.25, 0.3) is 0 Å². The van der Waals surface area contributed by atoms with Gasteiger partial charge in [-0.2, -0.15) is 5.10 Å². The topological polar surface area (TPSA) is 44.9 Å². The third-order valence-electron chi connectivity index (χ3n) is 3.51. The second-order valence-electron chi connectivity index (χ2n) is 5.27. The van der Waals surface area contributed by atoms with Gasteiger partial charge < -0.3 is 9.30 Å². The van der Waals surface area contributed by atoms with Crippen molar-refractivity contribution in [1.29, 1.82) is 0 Å². The Balaban J connectivity index is 0.00000208. The van der Waals surface area contributed by atoms with Crippen molar-refractivity contribution in [2.45, 2.75) is 26.4 Å². The molecule has 0 spiro atoms. The molecule has 0 amide bonds. The van der Waals surface area contributed by atoms with Gasteiger partial charge in [-0.1, -0.05) is 18.5 Å². The summed E-state index contributed by atoms with van der Waals surface area (Å²) in [7, 11) is 0. The summed E-state index contributed by atoms with van der Waals surface area (Å²) < 4.78 is 9.77. The first kappa shape index (κ1) is 18.4. The number of aromatic nitrogens is 4. The molecule has 2 heterocycles. The van der Waals surface area contributed by atoms with E-state index in [4.69, 9.17) is 16.3 Å². The summed E-state index contributed by atoms with van der Waals surface area (Å²) in [6, 6.07) is 7.38. The van der Waals surface area contributed by atoms with Gasteiger partial charge in [-0.15, -0.1) is 12.4 Å². The van der Waals surface area contributed by atoms with E-state index in [-0.39, 0.29) is 12.4 Å². The molecule has 1 aromatic carbocycles. The summed E-state index contributed by atoms with van der Waals surface area (Å²) in [4.78, 5) is 4.24. The first-order chi connectivity index (χ1) is 11.3. The highest BCUT2D eigenvalue weighted by Gasteiger charge is 2.08. The van der Waals surface area contributed by atoms with Gasteiger partial charge in [0, 0.05) is 23.3 Å². The highest BCUT2D eigenvalue weighted by atomic mass is 35.5. The number of nitrogens with zero attached hydrogens (tertiary/aromatic N) is 4. The van der Waals surface area contributed by atoms with Crippen molar-refractivity contribution in [2.24, 2.45) is 0 Å². The van der Waals surface area contributed by atoms with Crippen LogP contribution in [-0.4, -0.2) is 25.9 Å². The van der Waals surface area contributed by atoms with Crippen LogP contribution >= 0.6 is 24.0 Å². The van der Waals surface area contributed by atoms with Gasteiger partial charge in [0.2, 0.25) is 0 Å². The molecule has 0 unspecified atom stereocenters. The fourth-order valence-corrected chi connectivity index (χ4v) is 2.51. The first-order valence-electron chi connectivity index (χ1n) is 7.67. The Morgan fingerprint density at radius 1 is 1.12 bits per heavy atom. The van der Waals surface area contributed by atoms with Gasteiger partial charge in [-0.3, -0.25) is 4.68 Å². The van der Waals surface area contributed by atoms with E-state index in [9.17, 15) is 0 Å². The fourth-order valence-electron chi connectivity index (χ4n) is 2.38. The van der Waals surface area contributed by atoms with Gasteiger partial charge in [0.15, 0.2) is 0 Å². The van der Waals surface area contributed by atoms with Gasteiger partial charge >= 0.3 is 0 Å². The van der Waals surface area contributed by atoms with E-state index in [1.165, 1.54) is 0 Å². The summed E-state index contributed by atoms with van der Waals surface area (Å²) in [5.74, 6) is 0.812. The van der Waals surface area contributed by atoms with E-state index in [0.29, 0.717) is 11.6 Å². The Labute approximate surface area is 152 Å². The maximum Gasteiger partial charge on any atom is 0.119 e. The van der Waals surface area contributed by atoms with E-state index >= 15 is 0 Å². The largest absolute Gasteiger partial charge is 0.492 e. The molecule has 24 heavy (non-hydrogen) atoms. The lowest BCUT2D eigenvalue weighted by atomic mass is 10.3. The number of halogens is 2. The SMILES string of the molecule is CCCn1cc(-c2cncn2CCOc2ccc(Cl)cc2)cn1.Cl. The van der Waals surface area contributed by atoms with E-state index in [0.717, 1.165) is 36.5 Å². The fraction of sp³-hybridized carbons (Fsp3) is 0.294. The van der Waals surface area contributed by atoms with Crippen molar-refractivity contribution in [3.63, 3.8) is 0 Å². The van der Waals surface area contributed by atoms with Crippen LogP contribution in [-0.2, 0) is 13.1 Å². The molecule has 2 aromatic heterocycles. The molecular weight excluding hydrogens is 347 g/mol. The van der Waals surface area contributed by atoms with E-state index in [1.54, 1.807) is 0 Å². The lowest BCUT2D eigenvalue weighted by Gasteiger charge is -2.09. The predicted molar refractivity (Wildman–Crippen MR) is 97.9 cm³/mol. The van der Waals surface area contributed by atoms with Crippen LogP contribution < -0.4 is 4.74 Å². The van der Waals surface area contributed by atoms with Gasteiger partial charge in [-0.05, 0) is 30.7 Å². The molecule has 0 aliphatic rings. The molecule has 0 aliphatic carbocycles. The van der Waals surface area contributed by atoms with Crippen LogP contribution in [0.15, 0.2) is 49.2 Å². The molecule has 3 aromatic rings. The second kappa shape index (κ2) is 8.76. The smallest absolute Gasteiger partial charge is 0.119 e. The summed E-state index contributed by atoms with van der Waals surface area (Å²) >= 11 is 5.86. The number of hydrogen-bond donors (Lipinski definition) is 0. The highest BCUT2D eigenvalue weighted by molar-refractivity contribution is 6.30. The number of imidazole rings is 1. The Kier molecular flexibility index (Phi) is 6.70. The first-order valence-corrected chi connectivity index (χ1v) is 8.05. The molecule has 3 rings (SSSR count). The summed E-state index contributed by atoms with van der Waals surface area (Å²) in [6.45, 7) is 4.35. The molecule has 0 N–H and O–H groups in total. The molecular formula is C17H20Cl2N4O. The molecule has 0 saturated carbocycles. The number of benzene rings is 1. The molecule has 5 nitrogen and oxygen atoms in total. The molecule has 0 bridgehead atoms. The van der Waals surface area contributed by atoms with Crippen LogP contribution in [0.5, 0.6) is 5.75 Å². The zero-order chi connectivity index (χ0) is 16.1. The number of ether oxygens (including phenoxy) is 1. The third-order valence-corrected chi connectivity index (χ3v) is 3.76. The predicted octanol–water partition coefficient (Wildman–Crippen LogP) is 4.31. The second-order valence-corrected chi connectivity index (χ2v) is 5.70. The van der Waals surface area contributed by atoms with Crippen LogP contribution in [0.2, 0.25) is 5.02 Å². The molecule has 0 atom stereocenters. The number of rotatable bonds is 7. The maximum absolute atomic E-state index is 5.86. The standard InChI is InChI=1S/C17H19ClN4O.ClH/c1-2-7-22-12-14(10-20-22)17-11-19-13-21(17)8-9-23-16-5-3-15(18)4-6-16;/h3-6,10-13H,2,7-9H2,1H3;1H. The highest BCUT2D eigenvalue weighted by Crippen LogP contribution is 2.19. The Morgan fingerprint density at radius 3 is 2.67 bits per heavy atom. The minimum atomic E-state index is 0. The van der Waals surface area contributed by atoms with Crippen molar-refractivity contribution in [2.75, 3.05) is 6.61 Å². The van der Waals surface area contributed by atoms with Crippen LogP contribution in [0.1, 0.15) is 13.3 Å². The average molecular weight is 367 g/mol. The summed E-state index contributed by atoms with van der Waals surface area (Å²) in [6.07, 6.45) is 8.67. The minimum absolute atomic E-state index is 0. The van der Waals surface area contributed by atoms with Gasteiger partial charge in [0.1, 0.15) is 12.4 Å². The number of hydrogen-bond acceptors (Lipinski definition) is 3. The van der Waals surface area contributed by atoms with Crippen molar-refractivity contribution >= 4 is 24.0 Å². The lowest BCUT2D eigenvalue weighted by Crippen LogP contribution is -2.08. The number of aryl methyl sites for hydroxylation is 1.